The molecule has 9 heteroatoms. The van der Waals surface area contributed by atoms with Crippen molar-refractivity contribution in [2.75, 3.05) is 44.0 Å². The second-order valence-corrected chi connectivity index (χ2v) is 6.55. The lowest BCUT2D eigenvalue weighted by Gasteiger charge is -2.16. The van der Waals surface area contributed by atoms with E-state index in [2.05, 4.69) is 15.6 Å². The molecule has 0 radical (unpaired) electrons. The number of carbonyl (C=O) groups excluding carboxylic acids is 2. The van der Waals surface area contributed by atoms with Crippen LogP contribution in [0.1, 0.15) is 16.8 Å². The van der Waals surface area contributed by atoms with Crippen LogP contribution in [0.25, 0.3) is 0 Å². The molecule has 8 nitrogen and oxygen atoms in total. The van der Waals surface area contributed by atoms with Gasteiger partial charge in [-0.1, -0.05) is 0 Å². The third-order valence-corrected chi connectivity index (χ3v) is 4.37. The van der Waals surface area contributed by atoms with Crippen LogP contribution in [0.15, 0.2) is 30.5 Å². The average molecular weight is 405 g/mol. The average Bonchev–Trinajstić information content (AvgIpc) is 2.71. The van der Waals surface area contributed by atoms with Crippen molar-refractivity contribution in [3.8, 4) is 17.4 Å². The smallest absolute Gasteiger partial charge is 0.256 e. The van der Waals surface area contributed by atoms with Crippen LogP contribution in [-0.2, 0) is 4.79 Å². The van der Waals surface area contributed by atoms with Crippen molar-refractivity contribution in [3.05, 3.63) is 36.0 Å². The molecule has 0 aliphatic rings. The van der Waals surface area contributed by atoms with Crippen LogP contribution in [-0.4, -0.2) is 50.1 Å². The number of carbonyl (C=O) groups is 2. The van der Waals surface area contributed by atoms with Crippen molar-refractivity contribution in [1.29, 1.82) is 0 Å². The normalized spacial score (nSPS) is 10.1. The van der Waals surface area contributed by atoms with Crippen LogP contribution in [0.2, 0.25) is 0 Å². The Hall–Kier alpha value is -2.94. The lowest BCUT2D eigenvalue weighted by molar-refractivity contribution is -0.115. The van der Waals surface area contributed by atoms with Crippen molar-refractivity contribution in [1.82, 2.24) is 4.98 Å². The summed E-state index contributed by atoms with van der Waals surface area (Å²) in [6.07, 6.45) is 3.83. The van der Waals surface area contributed by atoms with Gasteiger partial charge in [-0.25, -0.2) is 4.98 Å². The first kappa shape index (κ1) is 21.4. The number of methoxy groups -OCH3 is 3. The van der Waals surface area contributed by atoms with Crippen molar-refractivity contribution < 1.29 is 23.8 Å². The van der Waals surface area contributed by atoms with Crippen LogP contribution in [0.5, 0.6) is 17.4 Å². The molecule has 28 heavy (non-hydrogen) atoms. The molecule has 150 valence electrons. The molecule has 0 atom stereocenters. The van der Waals surface area contributed by atoms with E-state index in [1.807, 2.05) is 6.26 Å². The number of aromatic nitrogens is 1. The standard InChI is InChI=1S/C19H23N3O5S/c1-25-15-11-12(18(24)22-13-6-5-8-20-19(13)27-3)10-14(17(15)26-2)21-16(23)7-9-28-4/h5-6,8,10-11H,7,9H2,1-4H3,(H,21,23)(H,22,24). The Balaban J connectivity index is 2.34. The number of pyridine rings is 1. The van der Waals surface area contributed by atoms with Gasteiger partial charge in [0, 0.05) is 23.9 Å². The molecule has 0 bridgehead atoms. The van der Waals surface area contributed by atoms with Crippen LogP contribution < -0.4 is 24.8 Å². The molecule has 0 fully saturated rings. The van der Waals surface area contributed by atoms with E-state index in [1.54, 1.807) is 30.1 Å². The first-order valence-corrected chi connectivity index (χ1v) is 9.78. The Morgan fingerprint density at radius 1 is 1.07 bits per heavy atom. The van der Waals surface area contributed by atoms with Gasteiger partial charge >= 0.3 is 0 Å². The maximum atomic E-state index is 12.8. The zero-order valence-corrected chi connectivity index (χ0v) is 17.0. The van der Waals surface area contributed by atoms with Crippen molar-refractivity contribution >= 4 is 35.0 Å². The summed E-state index contributed by atoms with van der Waals surface area (Å²) in [6.45, 7) is 0. The van der Waals surface area contributed by atoms with Gasteiger partial charge in [0.2, 0.25) is 11.8 Å². The molecule has 2 aromatic rings. The van der Waals surface area contributed by atoms with E-state index in [0.717, 1.165) is 0 Å². The molecular weight excluding hydrogens is 382 g/mol. The molecule has 2 rings (SSSR count). The minimum atomic E-state index is -0.410. The summed E-state index contributed by atoms with van der Waals surface area (Å²) in [6, 6.07) is 6.44. The van der Waals surface area contributed by atoms with Gasteiger partial charge in [0.25, 0.3) is 5.91 Å². The highest BCUT2D eigenvalue weighted by molar-refractivity contribution is 7.98. The Bertz CT molecular complexity index is 844. The van der Waals surface area contributed by atoms with Gasteiger partial charge in [-0.05, 0) is 30.5 Å². The lowest BCUT2D eigenvalue weighted by atomic mass is 10.1. The highest BCUT2D eigenvalue weighted by Crippen LogP contribution is 2.37. The minimum absolute atomic E-state index is 0.179. The van der Waals surface area contributed by atoms with Crippen molar-refractivity contribution in [2.24, 2.45) is 0 Å². The van der Waals surface area contributed by atoms with Gasteiger partial charge in [-0.2, -0.15) is 11.8 Å². The number of nitrogens with one attached hydrogen (secondary N) is 2. The van der Waals surface area contributed by atoms with Gasteiger partial charge < -0.3 is 24.8 Å². The molecule has 0 spiro atoms. The Kier molecular flexibility index (Phi) is 7.94. The number of rotatable bonds is 9. The topological polar surface area (TPSA) is 98.8 Å². The molecule has 1 heterocycles. The van der Waals surface area contributed by atoms with Gasteiger partial charge in [0.15, 0.2) is 11.5 Å². The SMILES string of the molecule is COc1cc(C(=O)Nc2cccnc2OC)cc(NC(=O)CCSC)c1OC. The zero-order valence-electron chi connectivity index (χ0n) is 16.2. The fourth-order valence-corrected chi connectivity index (χ4v) is 2.83. The fraction of sp³-hybridized carbons (Fsp3) is 0.316. The number of amides is 2. The number of anilines is 2. The summed E-state index contributed by atoms with van der Waals surface area (Å²) in [5.41, 5.74) is 1.07. The molecule has 2 amide bonds. The number of benzene rings is 1. The van der Waals surface area contributed by atoms with E-state index in [-0.39, 0.29) is 11.5 Å². The lowest BCUT2D eigenvalue weighted by Crippen LogP contribution is -2.16. The Morgan fingerprint density at radius 3 is 2.50 bits per heavy atom. The molecular formula is C19H23N3O5S. The number of ether oxygens (including phenoxy) is 3. The second kappa shape index (κ2) is 10.4. The number of hydrogen-bond donors (Lipinski definition) is 2. The summed E-state index contributed by atoms with van der Waals surface area (Å²) in [4.78, 5) is 29.0. The minimum Gasteiger partial charge on any atom is -0.493 e. The summed E-state index contributed by atoms with van der Waals surface area (Å²) >= 11 is 1.57. The van der Waals surface area contributed by atoms with Crippen molar-refractivity contribution in [3.63, 3.8) is 0 Å². The van der Waals surface area contributed by atoms with E-state index in [4.69, 9.17) is 14.2 Å². The predicted octanol–water partition coefficient (Wildman–Crippen LogP) is 3.05. The number of hydrogen-bond acceptors (Lipinski definition) is 7. The van der Waals surface area contributed by atoms with Crippen LogP contribution in [0.3, 0.4) is 0 Å². The van der Waals surface area contributed by atoms with E-state index < -0.39 is 5.91 Å². The molecule has 1 aromatic heterocycles. The summed E-state index contributed by atoms with van der Waals surface area (Å²) in [5.74, 6) is 1.06. The molecule has 2 N–H and O–H groups in total. The summed E-state index contributed by atoms with van der Waals surface area (Å²) < 4.78 is 15.8. The van der Waals surface area contributed by atoms with E-state index in [9.17, 15) is 9.59 Å². The van der Waals surface area contributed by atoms with Gasteiger partial charge in [0.1, 0.15) is 5.69 Å². The Labute approximate surface area is 168 Å². The number of nitrogens with zero attached hydrogens (tertiary/aromatic N) is 1. The highest BCUT2D eigenvalue weighted by atomic mass is 32.2. The van der Waals surface area contributed by atoms with Gasteiger partial charge in [0.05, 0.1) is 27.0 Å². The maximum Gasteiger partial charge on any atom is 0.256 e. The highest BCUT2D eigenvalue weighted by Gasteiger charge is 2.19. The first-order valence-electron chi connectivity index (χ1n) is 8.39. The zero-order chi connectivity index (χ0) is 20.5. The summed E-state index contributed by atoms with van der Waals surface area (Å²) in [5, 5.41) is 5.52. The maximum absolute atomic E-state index is 12.8. The summed E-state index contributed by atoms with van der Waals surface area (Å²) in [7, 11) is 4.40. The fourth-order valence-electron chi connectivity index (χ4n) is 2.44. The van der Waals surface area contributed by atoms with Gasteiger partial charge in [-0.15, -0.1) is 0 Å². The van der Waals surface area contributed by atoms with E-state index in [1.165, 1.54) is 33.5 Å². The van der Waals surface area contributed by atoms with E-state index >= 15 is 0 Å². The van der Waals surface area contributed by atoms with Crippen LogP contribution in [0, 0.1) is 0 Å². The van der Waals surface area contributed by atoms with E-state index in [0.29, 0.717) is 40.9 Å². The third kappa shape index (κ3) is 5.29. The third-order valence-electron chi connectivity index (χ3n) is 3.76. The molecule has 0 unspecified atom stereocenters. The molecule has 0 saturated heterocycles. The molecule has 0 saturated carbocycles. The van der Waals surface area contributed by atoms with Gasteiger partial charge in [-0.3, -0.25) is 9.59 Å². The van der Waals surface area contributed by atoms with Crippen LogP contribution >= 0.6 is 11.8 Å². The molecule has 0 aliphatic carbocycles. The predicted molar refractivity (Wildman–Crippen MR) is 110 cm³/mol. The quantitative estimate of drug-likeness (QED) is 0.661. The first-order chi connectivity index (χ1) is 13.5. The van der Waals surface area contributed by atoms with Crippen molar-refractivity contribution in [2.45, 2.75) is 6.42 Å². The molecule has 0 aliphatic heterocycles. The number of thioether (sulfide) groups is 1. The monoisotopic (exact) mass is 405 g/mol. The van der Waals surface area contributed by atoms with Crippen LogP contribution in [0.4, 0.5) is 11.4 Å². The Morgan fingerprint density at radius 2 is 1.86 bits per heavy atom. The largest absolute Gasteiger partial charge is 0.493 e. The molecule has 1 aromatic carbocycles. The second-order valence-electron chi connectivity index (χ2n) is 5.56.